The second-order valence-electron chi connectivity index (χ2n) is 8.99. The van der Waals surface area contributed by atoms with Gasteiger partial charge in [0.25, 0.3) is 5.91 Å². The number of ether oxygens (including phenoxy) is 2. The average Bonchev–Trinajstić information content (AvgIpc) is 2.87. The highest BCUT2D eigenvalue weighted by molar-refractivity contribution is 6.13. The maximum absolute atomic E-state index is 12.9. The van der Waals surface area contributed by atoms with E-state index < -0.39 is 0 Å². The Kier molecular flexibility index (Phi) is 9.47. The van der Waals surface area contributed by atoms with Crippen LogP contribution in [-0.4, -0.2) is 54.1 Å². The molecule has 3 rings (SSSR count). The Morgan fingerprint density at radius 1 is 0.889 bits per heavy atom. The van der Waals surface area contributed by atoms with Gasteiger partial charge in [0.1, 0.15) is 12.3 Å². The summed E-state index contributed by atoms with van der Waals surface area (Å²) in [4.78, 5) is 15.2. The lowest BCUT2D eigenvalue weighted by Crippen LogP contribution is -2.39. The van der Waals surface area contributed by atoms with E-state index in [1.54, 1.807) is 49.6 Å². The third-order valence-electron chi connectivity index (χ3n) is 5.92. The minimum atomic E-state index is -0.259. The Morgan fingerprint density at radius 3 is 2.08 bits per heavy atom. The normalized spacial score (nSPS) is 11.7. The van der Waals surface area contributed by atoms with E-state index in [4.69, 9.17) is 9.47 Å². The zero-order chi connectivity index (χ0) is 26.1. The van der Waals surface area contributed by atoms with Crippen molar-refractivity contribution in [1.82, 2.24) is 4.90 Å². The molecule has 0 heterocycles. The molecule has 0 aromatic heterocycles. The Bertz CT molecular complexity index is 1150. The van der Waals surface area contributed by atoms with Gasteiger partial charge in [-0.3, -0.25) is 9.69 Å². The van der Waals surface area contributed by atoms with E-state index in [-0.39, 0.29) is 5.91 Å². The average molecular weight is 490 g/mol. The van der Waals surface area contributed by atoms with Gasteiger partial charge >= 0.3 is 0 Å². The fourth-order valence-electron chi connectivity index (χ4n) is 4.10. The van der Waals surface area contributed by atoms with Crippen molar-refractivity contribution in [2.24, 2.45) is 5.16 Å². The van der Waals surface area contributed by atoms with Crippen LogP contribution < -0.4 is 14.8 Å². The first-order chi connectivity index (χ1) is 17.3. The Balaban J connectivity index is 1.68. The van der Waals surface area contributed by atoms with Crippen LogP contribution in [0.4, 0.5) is 5.69 Å². The number of anilines is 1. The summed E-state index contributed by atoms with van der Waals surface area (Å²) in [6, 6.07) is 22.4. The third-order valence-corrected chi connectivity index (χ3v) is 5.92. The number of oxime groups is 1. The van der Waals surface area contributed by atoms with Crippen molar-refractivity contribution in [3.63, 3.8) is 0 Å². The van der Waals surface area contributed by atoms with Crippen molar-refractivity contribution < 1.29 is 19.5 Å². The van der Waals surface area contributed by atoms with Crippen molar-refractivity contribution in [3.05, 3.63) is 89.5 Å². The molecule has 0 bridgehead atoms. The molecule has 0 aliphatic heterocycles. The van der Waals surface area contributed by atoms with Crippen LogP contribution in [0.5, 0.6) is 11.5 Å². The van der Waals surface area contributed by atoms with Crippen molar-refractivity contribution in [3.8, 4) is 11.5 Å². The van der Waals surface area contributed by atoms with Gasteiger partial charge in [0, 0.05) is 47.1 Å². The van der Waals surface area contributed by atoms with E-state index in [0.717, 1.165) is 12.1 Å². The van der Waals surface area contributed by atoms with Gasteiger partial charge in [-0.05, 0) is 52.0 Å². The molecule has 3 aromatic carbocycles. The van der Waals surface area contributed by atoms with Crippen molar-refractivity contribution in [1.29, 1.82) is 0 Å². The number of methoxy groups -OCH3 is 1. The Hall–Kier alpha value is -3.84. The number of carbonyl (C=O) groups is 1. The number of nitrogens with zero attached hydrogens (tertiary/aromatic N) is 2. The van der Waals surface area contributed by atoms with E-state index in [1.807, 2.05) is 30.3 Å². The smallest absolute Gasteiger partial charge is 0.255 e. The minimum Gasteiger partial charge on any atom is -0.493 e. The first-order valence-corrected chi connectivity index (χ1v) is 12.1. The van der Waals surface area contributed by atoms with Crippen LogP contribution in [0.3, 0.4) is 0 Å². The van der Waals surface area contributed by atoms with Gasteiger partial charge in [-0.2, -0.15) is 0 Å². The summed E-state index contributed by atoms with van der Waals surface area (Å²) in [6.45, 7) is 9.96. The van der Waals surface area contributed by atoms with Gasteiger partial charge in [0.2, 0.25) is 0 Å². The second-order valence-corrected chi connectivity index (χ2v) is 8.99. The van der Waals surface area contributed by atoms with Gasteiger partial charge in [-0.1, -0.05) is 47.6 Å². The summed E-state index contributed by atoms with van der Waals surface area (Å²) in [5, 5.41) is 15.9. The topological polar surface area (TPSA) is 83.4 Å². The van der Waals surface area contributed by atoms with E-state index in [2.05, 4.69) is 43.1 Å². The molecular formula is C29H35N3O4. The van der Waals surface area contributed by atoms with E-state index >= 15 is 0 Å². The first-order valence-electron chi connectivity index (χ1n) is 12.1. The third kappa shape index (κ3) is 6.86. The van der Waals surface area contributed by atoms with Crippen LogP contribution in [0, 0.1) is 0 Å². The molecule has 7 heteroatoms. The van der Waals surface area contributed by atoms with Crippen LogP contribution in [0.1, 0.15) is 49.2 Å². The van der Waals surface area contributed by atoms with Crippen LogP contribution in [-0.2, 0) is 0 Å². The maximum Gasteiger partial charge on any atom is 0.255 e. The number of hydrogen-bond acceptors (Lipinski definition) is 6. The summed E-state index contributed by atoms with van der Waals surface area (Å²) in [5.41, 5.74) is 3.01. The molecule has 7 nitrogen and oxygen atoms in total. The van der Waals surface area contributed by atoms with Crippen LogP contribution in [0.15, 0.2) is 78.0 Å². The molecule has 2 N–H and O–H groups in total. The molecule has 0 fully saturated rings. The van der Waals surface area contributed by atoms with Crippen LogP contribution >= 0.6 is 0 Å². The quantitative estimate of drug-likeness (QED) is 0.206. The van der Waals surface area contributed by atoms with Gasteiger partial charge in [-0.25, -0.2) is 0 Å². The number of hydrogen-bond donors (Lipinski definition) is 2. The molecule has 0 radical (unpaired) electrons. The lowest BCUT2D eigenvalue weighted by molar-refractivity contribution is 0.102. The number of amides is 1. The number of carbonyl (C=O) groups excluding carboxylic acids is 1. The van der Waals surface area contributed by atoms with E-state index in [1.165, 1.54) is 0 Å². The van der Waals surface area contributed by atoms with Gasteiger partial charge in [0.05, 0.1) is 7.11 Å². The fourth-order valence-corrected chi connectivity index (χ4v) is 4.10. The lowest BCUT2D eigenvalue weighted by atomic mass is 10.0. The molecule has 190 valence electrons. The van der Waals surface area contributed by atoms with E-state index in [0.29, 0.717) is 52.7 Å². The van der Waals surface area contributed by atoms with Crippen LogP contribution in [0.2, 0.25) is 0 Å². The minimum absolute atomic E-state index is 0.259. The number of nitrogens with one attached hydrogen (secondary N) is 1. The molecule has 1 amide bonds. The predicted molar refractivity (Wildman–Crippen MR) is 144 cm³/mol. The summed E-state index contributed by atoms with van der Waals surface area (Å²) in [6.07, 6.45) is 0. The number of benzene rings is 3. The van der Waals surface area contributed by atoms with Crippen molar-refractivity contribution in [2.45, 2.75) is 39.8 Å². The summed E-state index contributed by atoms with van der Waals surface area (Å²) in [5.74, 6) is 0.921. The summed E-state index contributed by atoms with van der Waals surface area (Å²) < 4.78 is 11.5. The lowest BCUT2D eigenvalue weighted by Gasteiger charge is -2.30. The molecule has 36 heavy (non-hydrogen) atoms. The molecular weight excluding hydrogens is 454 g/mol. The molecule has 0 aliphatic carbocycles. The van der Waals surface area contributed by atoms with Crippen molar-refractivity contribution >= 4 is 17.3 Å². The van der Waals surface area contributed by atoms with Gasteiger partial charge in [0.15, 0.2) is 11.5 Å². The van der Waals surface area contributed by atoms with Crippen LogP contribution in [0.25, 0.3) is 0 Å². The van der Waals surface area contributed by atoms with Gasteiger partial charge in [-0.15, -0.1) is 0 Å². The zero-order valence-corrected chi connectivity index (χ0v) is 21.6. The van der Waals surface area contributed by atoms with Crippen molar-refractivity contribution in [2.75, 3.05) is 25.6 Å². The molecule has 0 atom stereocenters. The monoisotopic (exact) mass is 489 g/mol. The highest BCUT2D eigenvalue weighted by atomic mass is 16.5. The molecule has 0 spiro atoms. The SMILES string of the molecule is COc1ccc(NC(=O)c2ccc(/C(=N/O)c3ccccc3)cc2)cc1OCCN(C(C)C)C(C)C. The van der Waals surface area contributed by atoms with E-state index in [9.17, 15) is 10.0 Å². The first kappa shape index (κ1) is 26.8. The molecule has 0 saturated carbocycles. The summed E-state index contributed by atoms with van der Waals surface area (Å²) >= 11 is 0. The molecule has 0 unspecified atom stereocenters. The highest BCUT2D eigenvalue weighted by Gasteiger charge is 2.15. The fraction of sp³-hybridized carbons (Fsp3) is 0.310. The highest BCUT2D eigenvalue weighted by Crippen LogP contribution is 2.30. The molecule has 3 aromatic rings. The second kappa shape index (κ2) is 12.7. The number of rotatable bonds is 11. The summed E-state index contributed by atoms with van der Waals surface area (Å²) in [7, 11) is 1.59. The largest absolute Gasteiger partial charge is 0.493 e. The standard InChI is InChI=1S/C29H35N3O4/c1-20(2)32(21(3)4)17-18-36-27-19-25(15-16-26(27)35-5)30-29(33)24-13-11-23(12-14-24)28(31-34)22-9-7-6-8-10-22/h6-16,19-21,34H,17-18H2,1-5H3,(H,30,33)/b31-28+. The zero-order valence-electron chi connectivity index (χ0n) is 21.6. The predicted octanol–water partition coefficient (Wildman–Crippen LogP) is 5.67. The Labute approximate surface area is 213 Å². The molecule has 0 aliphatic rings. The van der Waals surface area contributed by atoms with Gasteiger partial charge < -0.3 is 20.0 Å². The maximum atomic E-state index is 12.9. The molecule has 0 saturated heterocycles. The Morgan fingerprint density at radius 2 is 1.50 bits per heavy atom.